The molecule has 0 aliphatic heterocycles. The lowest BCUT2D eigenvalue weighted by molar-refractivity contribution is -0.147. The van der Waals surface area contributed by atoms with Crippen molar-refractivity contribution < 1.29 is 35.9 Å². The molecule has 0 atom stereocenters. The van der Waals surface area contributed by atoms with E-state index >= 15 is 0 Å². The Bertz CT molecular complexity index is 1010. The van der Waals surface area contributed by atoms with Gasteiger partial charge >= 0.3 is 12.1 Å². The molecular weight excluding hydrogens is 449 g/mol. The van der Waals surface area contributed by atoms with E-state index in [1.807, 2.05) is 0 Å². The molecule has 0 unspecified atom stereocenters. The smallest absolute Gasteiger partial charge is 0.416 e. The van der Waals surface area contributed by atoms with E-state index < -0.39 is 40.2 Å². The molecule has 0 heterocycles. The number of esters is 1. The number of carbonyl (C=O) groups is 2. The minimum absolute atomic E-state index is 0.0701. The number of nitrogens with one attached hydrogen (secondary N) is 2. The number of ether oxygens (including phenoxy) is 1. The Morgan fingerprint density at radius 1 is 1.07 bits per heavy atom. The lowest BCUT2D eigenvalue weighted by Gasteiger charge is -2.09. The van der Waals surface area contributed by atoms with Crippen LogP contribution in [0.1, 0.15) is 12.0 Å². The minimum atomic E-state index is -4.49. The van der Waals surface area contributed by atoms with Crippen LogP contribution in [0.15, 0.2) is 53.4 Å². The maximum absolute atomic E-state index is 12.5. The summed E-state index contributed by atoms with van der Waals surface area (Å²) in [5.74, 6) is -1.60. The number of amides is 1. The van der Waals surface area contributed by atoms with E-state index in [0.717, 1.165) is 24.3 Å². The van der Waals surface area contributed by atoms with Crippen molar-refractivity contribution >= 4 is 39.2 Å². The predicted molar refractivity (Wildman–Crippen MR) is 102 cm³/mol. The number of anilines is 1. The van der Waals surface area contributed by atoms with Gasteiger partial charge in [0, 0.05) is 17.3 Å². The highest BCUT2D eigenvalue weighted by Gasteiger charge is 2.30. The molecule has 2 rings (SSSR count). The Morgan fingerprint density at radius 2 is 1.73 bits per heavy atom. The molecule has 0 aliphatic rings. The SMILES string of the molecule is O=C(COC(=O)CCNS(=O)(=O)c1cccc(Cl)c1)Nc1ccc(C(F)(F)F)cc1. The van der Waals surface area contributed by atoms with Gasteiger partial charge in [-0.1, -0.05) is 17.7 Å². The van der Waals surface area contributed by atoms with Gasteiger partial charge < -0.3 is 10.1 Å². The van der Waals surface area contributed by atoms with E-state index in [0.29, 0.717) is 0 Å². The second kappa shape index (κ2) is 9.92. The van der Waals surface area contributed by atoms with Gasteiger partial charge in [-0.2, -0.15) is 13.2 Å². The molecule has 0 saturated carbocycles. The summed E-state index contributed by atoms with van der Waals surface area (Å²) in [6.07, 6.45) is -4.83. The summed E-state index contributed by atoms with van der Waals surface area (Å²) in [5, 5.41) is 2.51. The Kier molecular flexibility index (Phi) is 7.82. The number of hydrogen-bond donors (Lipinski definition) is 2. The van der Waals surface area contributed by atoms with Crippen LogP contribution in [0.4, 0.5) is 18.9 Å². The highest BCUT2D eigenvalue weighted by atomic mass is 35.5. The summed E-state index contributed by atoms with van der Waals surface area (Å²) >= 11 is 5.74. The molecule has 2 aromatic rings. The molecule has 0 aliphatic carbocycles. The number of benzene rings is 2. The number of sulfonamides is 1. The van der Waals surface area contributed by atoms with Crippen molar-refractivity contribution in [1.82, 2.24) is 4.72 Å². The number of hydrogen-bond acceptors (Lipinski definition) is 5. The van der Waals surface area contributed by atoms with Crippen molar-refractivity contribution in [3.63, 3.8) is 0 Å². The number of alkyl halides is 3. The van der Waals surface area contributed by atoms with Crippen LogP contribution in [0.5, 0.6) is 0 Å². The van der Waals surface area contributed by atoms with E-state index in [-0.39, 0.29) is 28.6 Å². The molecule has 2 N–H and O–H groups in total. The second-order valence-corrected chi connectivity index (χ2v) is 8.09. The molecule has 1 amide bonds. The highest BCUT2D eigenvalue weighted by Crippen LogP contribution is 2.29. The summed E-state index contributed by atoms with van der Waals surface area (Å²) in [4.78, 5) is 23.3. The molecule has 0 spiro atoms. The molecule has 0 bridgehead atoms. The van der Waals surface area contributed by atoms with E-state index in [1.165, 1.54) is 24.3 Å². The van der Waals surface area contributed by atoms with Gasteiger partial charge in [0.15, 0.2) is 6.61 Å². The monoisotopic (exact) mass is 464 g/mol. The van der Waals surface area contributed by atoms with Crippen molar-refractivity contribution in [2.24, 2.45) is 0 Å². The summed E-state index contributed by atoms with van der Waals surface area (Å²) < 4.78 is 68.5. The van der Waals surface area contributed by atoms with Gasteiger partial charge in [0.1, 0.15) is 0 Å². The quantitative estimate of drug-likeness (QED) is 0.584. The van der Waals surface area contributed by atoms with Crippen molar-refractivity contribution in [3.8, 4) is 0 Å². The third kappa shape index (κ3) is 7.32. The third-order valence-corrected chi connectivity index (χ3v) is 5.28. The number of rotatable bonds is 8. The molecule has 30 heavy (non-hydrogen) atoms. The van der Waals surface area contributed by atoms with Gasteiger partial charge in [-0.15, -0.1) is 0 Å². The van der Waals surface area contributed by atoms with Gasteiger partial charge in [-0.05, 0) is 42.5 Å². The Labute approximate surface area is 175 Å². The van der Waals surface area contributed by atoms with Gasteiger partial charge in [-0.3, -0.25) is 9.59 Å². The normalized spacial score (nSPS) is 11.7. The van der Waals surface area contributed by atoms with Gasteiger partial charge in [-0.25, -0.2) is 13.1 Å². The molecular formula is C18H16ClF3N2O5S. The standard InChI is InChI=1S/C18H16ClF3N2O5S/c19-13-2-1-3-15(10-13)30(27,28)23-9-8-17(26)29-11-16(25)24-14-6-4-12(5-7-14)18(20,21)22/h1-7,10,23H,8-9,11H2,(H,24,25). The average Bonchev–Trinajstić information content (AvgIpc) is 2.66. The molecule has 0 radical (unpaired) electrons. The average molecular weight is 465 g/mol. The van der Waals surface area contributed by atoms with Gasteiger partial charge in [0.05, 0.1) is 16.9 Å². The van der Waals surface area contributed by atoms with Gasteiger partial charge in [0.25, 0.3) is 5.91 Å². The predicted octanol–water partition coefficient (Wildman–Crippen LogP) is 3.21. The first kappa shape index (κ1) is 23.6. The van der Waals surface area contributed by atoms with Crippen LogP contribution in [0.25, 0.3) is 0 Å². The lowest BCUT2D eigenvalue weighted by Crippen LogP contribution is -2.28. The van der Waals surface area contributed by atoms with Crippen LogP contribution in [0.3, 0.4) is 0 Å². The number of carbonyl (C=O) groups excluding carboxylic acids is 2. The largest absolute Gasteiger partial charge is 0.456 e. The molecule has 162 valence electrons. The van der Waals surface area contributed by atoms with Gasteiger partial charge in [0.2, 0.25) is 10.0 Å². The van der Waals surface area contributed by atoms with Crippen molar-refractivity contribution in [2.45, 2.75) is 17.5 Å². The van der Waals surface area contributed by atoms with Crippen LogP contribution in [0.2, 0.25) is 5.02 Å². The topological polar surface area (TPSA) is 102 Å². The van der Waals surface area contributed by atoms with E-state index in [2.05, 4.69) is 10.0 Å². The zero-order valence-corrected chi connectivity index (χ0v) is 16.8. The van der Waals surface area contributed by atoms with Crippen LogP contribution >= 0.6 is 11.6 Å². The fourth-order valence-electron chi connectivity index (χ4n) is 2.16. The Morgan fingerprint density at radius 3 is 2.33 bits per heavy atom. The first-order valence-corrected chi connectivity index (χ1v) is 10.2. The lowest BCUT2D eigenvalue weighted by atomic mass is 10.2. The van der Waals surface area contributed by atoms with Crippen LogP contribution < -0.4 is 10.0 Å². The molecule has 0 fully saturated rings. The van der Waals surface area contributed by atoms with E-state index in [9.17, 15) is 31.2 Å². The molecule has 7 nitrogen and oxygen atoms in total. The fraction of sp³-hybridized carbons (Fsp3) is 0.222. The van der Waals surface area contributed by atoms with E-state index in [4.69, 9.17) is 16.3 Å². The zero-order valence-electron chi connectivity index (χ0n) is 15.2. The molecule has 2 aromatic carbocycles. The first-order valence-electron chi connectivity index (χ1n) is 8.35. The molecule has 12 heteroatoms. The minimum Gasteiger partial charge on any atom is -0.456 e. The summed E-state index contributed by atoms with van der Waals surface area (Å²) in [7, 11) is -3.87. The van der Waals surface area contributed by atoms with Crippen molar-refractivity contribution in [1.29, 1.82) is 0 Å². The molecule has 0 aromatic heterocycles. The molecule has 0 saturated heterocycles. The third-order valence-electron chi connectivity index (χ3n) is 3.59. The fourth-order valence-corrected chi connectivity index (χ4v) is 3.50. The van der Waals surface area contributed by atoms with Crippen LogP contribution in [-0.2, 0) is 30.5 Å². The Hall–Kier alpha value is -2.63. The highest BCUT2D eigenvalue weighted by molar-refractivity contribution is 7.89. The van der Waals surface area contributed by atoms with Crippen LogP contribution in [-0.4, -0.2) is 33.4 Å². The van der Waals surface area contributed by atoms with Crippen molar-refractivity contribution in [2.75, 3.05) is 18.5 Å². The maximum Gasteiger partial charge on any atom is 0.416 e. The number of halogens is 4. The summed E-state index contributed by atoms with van der Waals surface area (Å²) in [6.45, 7) is -0.949. The zero-order chi connectivity index (χ0) is 22.4. The van der Waals surface area contributed by atoms with Crippen LogP contribution in [0, 0.1) is 0 Å². The van der Waals surface area contributed by atoms with E-state index in [1.54, 1.807) is 0 Å². The summed E-state index contributed by atoms with van der Waals surface area (Å²) in [6, 6.07) is 9.27. The van der Waals surface area contributed by atoms with Crippen molar-refractivity contribution in [3.05, 3.63) is 59.1 Å². The maximum atomic E-state index is 12.5. The Balaban J connectivity index is 1.74. The second-order valence-electron chi connectivity index (χ2n) is 5.89. The summed E-state index contributed by atoms with van der Waals surface area (Å²) in [5.41, 5.74) is -0.773. The first-order chi connectivity index (χ1) is 14.0.